The molecule has 0 amide bonds. The molecule has 0 bridgehead atoms. The predicted octanol–water partition coefficient (Wildman–Crippen LogP) is 0.520. The molecule has 1 aromatic rings. The van der Waals surface area contributed by atoms with Crippen LogP contribution < -0.4 is 5.32 Å². The minimum absolute atomic E-state index is 0.0418. The second-order valence-electron chi connectivity index (χ2n) is 5.40. The molecule has 1 unspecified atom stereocenters. The highest BCUT2D eigenvalue weighted by atomic mass is 16.5. The summed E-state index contributed by atoms with van der Waals surface area (Å²) in [6.45, 7) is 8.02. The zero-order valence-electron chi connectivity index (χ0n) is 11.7. The maximum absolute atomic E-state index is 9.46. The molecule has 0 aliphatic heterocycles. The van der Waals surface area contributed by atoms with Gasteiger partial charge in [-0.1, -0.05) is 5.21 Å². The van der Waals surface area contributed by atoms with E-state index in [1.165, 1.54) is 0 Å². The van der Waals surface area contributed by atoms with Crippen molar-refractivity contribution < 1.29 is 9.84 Å². The summed E-state index contributed by atoms with van der Waals surface area (Å²) in [4.78, 5) is 0. The van der Waals surface area contributed by atoms with Crippen molar-refractivity contribution in [3.05, 3.63) is 11.9 Å². The highest BCUT2D eigenvalue weighted by molar-refractivity contribution is 4.93. The maximum Gasteiger partial charge on any atom is 0.0965 e. The molecule has 104 valence electrons. The number of aliphatic hydroxyl groups excluding tert-OH is 1. The third kappa shape index (κ3) is 5.12. The van der Waals surface area contributed by atoms with E-state index in [-0.39, 0.29) is 5.54 Å². The highest BCUT2D eigenvalue weighted by Crippen LogP contribution is 2.11. The lowest BCUT2D eigenvalue weighted by atomic mass is 10.1. The Bertz CT molecular complexity index is 346. The topological polar surface area (TPSA) is 72.2 Å². The van der Waals surface area contributed by atoms with Crippen LogP contribution in [0.5, 0.6) is 0 Å². The minimum Gasteiger partial charge on any atom is -0.391 e. The molecule has 0 aromatic carbocycles. The molecule has 1 atom stereocenters. The Morgan fingerprint density at radius 1 is 1.50 bits per heavy atom. The molecule has 0 radical (unpaired) electrons. The van der Waals surface area contributed by atoms with Crippen LogP contribution in [0, 0.1) is 0 Å². The van der Waals surface area contributed by atoms with Crippen LogP contribution in [-0.4, -0.2) is 46.5 Å². The molecule has 0 saturated carbocycles. The van der Waals surface area contributed by atoms with E-state index in [0.29, 0.717) is 19.6 Å². The van der Waals surface area contributed by atoms with E-state index >= 15 is 0 Å². The monoisotopic (exact) mass is 256 g/mol. The van der Waals surface area contributed by atoms with Gasteiger partial charge in [0.25, 0.3) is 0 Å². The molecule has 1 rings (SSSR count). The summed E-state index contributed by atoms with van der Waals surface area (Å²) < 4.78 is 6.71. The van der Waals surface area contributed by atoms with Crippen molar-refractivity contribution in [3.8, 4) is 0 Å². The number of aromatic nitrogens is 3. The van der Waals surface area contributed by atoms with Crippen molar-refractivity contribution in [1.29, 1.82) is 0 Å². The first-order chi connectivity index (χ1) is 8.43. The largest absolute Gasteiger partial charge is 0.391 e. The van der Waals surface area contributed by atoms with Crippen molar-refractivity contribution in [1.82, 2.24) is 20.3 Å². The lowest BCUT2D eigenvalue weighted by Gasteiger charge is -2.17. The Morgan fingerprint density at radius 2 is 2.22 bits per heavy atom. The Kier molecular flexibility index (Phi) is 5.71. The summed E-state index contributed by atoms with van der Waals surface area (Å²) in [6, 6.07) is 0. The van der Waals surface area contributed by atoms with Gasteiger partial charge in [-0.2, -0.15) is 0 Å². The Hall–Kier alpha value is -0.980. The second-order valence-corrected chi connectivity index (χ2v) is 5.40. The molecule has 0 aliphatic carbocycles. The molecular weight excluding hydrogens is 232 g/mol. The first kappa shape index (κ1) is 15.1. The summed E-state index contributed by atoms with van der Waals surface area (Å²) in [7, 11) is 1.58. The van der Waals surface area contributed by atoms with Gasteiger partial charge in [0.05, 0.1) is 30.1 Å². The maximum atomic E-state index is 9.46. The Balaban J connectivity index is 2.26. The number of nitrogens with zero attached hydrogens (tertiary/aromatic N) is 3. The van der Waals surface area contributed by atoms with Crippen LogP contribution in [0.25, 0.3) is 0 Å². The summed E-state index contributed by atoms with van der Waals surface area (Å²) in [6.07, 6.45) is 2.20. The third-order valence-corrected chi connectivity index (χ3v) is 2.55. The average molecular weight is 256 g/mol. The van der Waals surface area contributed by atoms with Crippen molar-refractivity contribution in [2.24, 2.45) is 0 Å². The fourth-order valence-corrected chi connectivity index (χ4v) is 1.47. The summed E-state index contributed by atoms with van der Waals surface area (Å²) in [5, 5.41) is 20.9. The molecule has 0 saturated heterocycles. The van der Waals surface area contributed by atoms with Crippen LogP contribution in [-0.2, 0) is 16.8 Å². The molecule has 0 aliphatic rings. The van der Waals surface area contributed by atoms with E-state index in [2.05, 4.69) is 36.4 Å². The van der Waals surface area contributed by atoms with E-state index in [0.717, 1.165) is 12.2 Å². The summed E-state index contributed by atoms with van der Waals surface area (Å²) in [5.74, 6) is 0. The number of hydrogen-bond acceptors (Lipinski definition) is 5. The molecule has 1 aromatic heterocycles. The molecule has 1 heterocycles. The van der Waals surface area contributed by atoms with Crippen molar-refractivity contribution in [3.63, 3.8) is 0 Å². The van der Waals surface area contributed by atoms with E-state index in [1.807, 2.05) is 10.9 Å². The van der Waals surface area contributed by atoms with Crippen LogP contribution >= 0.6 is 0 Å². The number of aliphatic hydroxyl groups is 1. The number of rotatable bonds is 7. The lowest BCUT2D eigenvalue weighted by molar-refractivity contribution is 0.0594. The van der Waals surface area contributed by atoms with Crippen LogP contribution in [0.4, 0.5) is 0 Å². The third-order valence-electron chi connectivity index (χ3n) is 2.55. The van der Waals surface area contributed by atoms with Gasteiger partial charge in [-0.05, 0) is 33.7 Å². The zero-order valence-corrected chi connectivity index (χ0v) is 11.7. The number of hydrogen-bond donors (Lipinski definition) is 2. The molecule has 0 spiro atoms. The van der Waals surface area contributed by atoms with Gasteiger partial charge in [-0.15, -0.1) is 5.10 Å². The van der Waals surface area contributed by atoms with E-state index in [9.17, 15) is 5.11 Å². The van der Waals surface area contributed by atoms with Gasteiger partial charge >= 0.3 is 0 Å². The van der Waals surface area contributed by atoms with Crippen LogP contribution in [0.2, 0.25) is 0 Å². The normalized spacial score (nSPS) is 13.8. The van der Waals surface area contributed by atoms with E-state index in [1.54, 1.807) is 7.11 Å². The smallest absolute Gasteiger partial charge is 0.0965 e. The van der Waals surface area contributed by atoms with Gasteiger partial charge < -0.3 is 15.2 Å². The molecule has 6 heteroatoms. The van der Waals surface area contributed by atoms with Gasteiger partial charge in [0.15, 0.2) is 0 Å². The second kappa shape index (κ2) is 6.82. The fraction of sp³-hybridized carbons (Fsp3) is 0.833. The fourth-order valence-electron chi connectivity index (χ4n) is 1.47. The van der Waals surface area contributed by atoms with Gasteiger partial charge in [0.2, 0.25) is 0 Å². The summed E-state index contributed by atoms with van der Waals surface area (Å²) in [5.41, 5.74) is 0.867. The lowest BCUT2D eigenvalue weighted by Crippen LogP contribution is -2.23. The van der Waals surface area contributed by atoms with Crippen molar-refractivity contribution in [2.45, 2.75) is 45.4 Å². The molecular formula is C12H24N4O2. The Labute approximate surface area is 108 Å². The van der Waals surface area contributed by atoms with E-state index in [4.69, 9.17) is 4.74 Å². The summed E-state index contributed by atoms with van der Waals surface area (Å²) >= 11 is 0. The van der Waals surface area contributed by atoms with Crippen LogP contribution in [0.1, 0.15) is 32.9 Å². The quantitative estimate of drug-likeness (QED) is 0.696. The van der Waals surface area contributed by atoms with Gasteiger partial charge in [-0.25, -0.2) is 4.68 Å². The SMILES string of the molecule is COCC(O)CCNCc1cn(C(C)(C)C)nn1. The predicted molar refractivity (Wildman–Crippen MR) is 69.2 cm³/mol. The number of methoxy groups -OCH3 is 1. The molecule has 6 nitrogen and oxygen atoms in total. The number of nitrogens with one attached hydrogen (secondary N) is 1. The van der Waals surface area contributed by atoms with Gasteiger partial charge in [-0.3, -0.25) is 0 Å². The van der Waals surface area contributed by atoms with Crippen molar-refractivity contribution >= 4 is 0 Å². The molecule has 0 fully saturated rings. The Morgan fingerprint density at radius 3 is 2.78 bits per heavy atom. The average Bonchev–Trinajstić information content (AvgIpc) is 2.73. The van der Waals surface area contributed by atoms with E-state index < -0.39 is 6.10 Å². The minimum atomic E-state index is -0.409. The zero-order chi connectivity index (χ0) is 13.6. The standard InChI is InChI=1S/C12H24N4O2/c1-12(2,3)16-8-10(14-15-16)7-13-6-5-11(17)9-18-4/h8,11,13,17H,5-7,9H2,1-4H3. The van der Waals surface area contributed by atoms with Crippen LogP contribution in [0.3, 0.4) is 0 Å². The first-order valence-corrected chi connectivity index (χ1v) is 6.23. The number of ether oxygens (including phenoxy) is 1. The highest BCUT2D eigenvalue weighted by Gasteiger charge is 2.14. The molecule has 2 N–H and O–H groups in total. The van der Waals surface area contributed by atoms with Gasteiger partial charge in [0.1, 0.15) is 0 Å². The van der Waals surface area contributed by atoms with Crippen LogP contribution in [0.15, 0.2) is 6.20 Å². The first-order valence-electron chi connectivity index (χ1n) is 6.23. The van der Waals surface area contributed by atoms with Crippen molar-refractivity contribution in [2.75, 3.05) is 20.3 Å². The van der Waals surface area contributed by atoms with Gasteiger partial charge in [0, 0.05) is 13.7 Å². The molecule has 18 heavy (non-hydrogen) atoms.